The lowest BCUT2D eigenvalue weighted by atomic mass is 9.98. The van der Waals surface area contributed by atoms with E-state index in [1.54, 1.807) is 6.92 Å². The van der Waals surface area contributed by atoms with Crippen molar-refractivity contribution >= 4 is 17.9 Å². The van der Waals surface area contributed by atoms with E-state index in [1.165, 1.54) is 5.57 Å². The largest absolute Gasteiger partial charge is 0.871 e. The molecule has 1 atom stereocenters. The Labute approximate surface area is 172 Å². The maximum absolute atomic E-state index is 12.3. The minimum absolute atomic E-state index is 0.00216. The molecule has 1 aromatic carbocycles. The molecule has 1 N–H and O–H groups in total. The standard InChI is InChI=1S/C23H31ClO4/c1-14(7-6-8-15(2)10-12-19-23(4,5)28-19)9-11-17-21(26)18(13-25)16(3)20(24)22(17)27/h8-9,13,19,26-27H,6-7,10-12H2,1-5H3/p-1/b14-9+,15-8+/t19-/m0/s1. The lowest BCUT2D eigenvalue weighted by Gasteiger charge is -2.20. The van der Waals surface area contributed by atoms with E-state index in [0.717, 1.165) is 31.3 Å². The van der Waals surface area contributed by atoms with Gasteiger partial charge in [0, 0.05) is 5.02 Å². The number of carbonyl (C=O) groups excluding carboxylic acids is 1. The summed E-state index contributed by atoms with van der Waals surface area (Å²) in [5.74, 6) is -0.667. The van der Waals surface area contributed by atoms with Crippen LogP contribution in [0, 0.1) is 6.92 Å². The first kappa shape index (κ1) is 22.5. The van der Waals surface area contributed by atoms with E-state index >= 15 is 0 Å². The molecule has 0 unspecified atom stereocenters. The molecule has 1 heterocycles. The number of epoxide rings is 1. The Hall–Kier alpha value is -1.78. The van der Waals surface area contributed by atoms with Gasteiger partial charge in [0.25, 0.3) is 0 Å². The molecule has 0 saturated carbocycles. The Morgan fingerprint density at radius 3 is 2.43 bits per heavy atom. The highest BCUT2D eigenvalue weighted by Crippen LogP contribution is 2.39. The minimum atomic E-state index is -0.410. The van der Waals surface area contributed by atoms with E-state index in [0.29, 0.717) is 18.0 Å². The van der Waals surface area contributed by atoms with Crippen molar-refractivity contribution in [3.8, 4) is 11.5 Å². The first-order valence-electron chi connectivity index (χ1n) is 9.73. The molecule has 1 aliphatic heterocycles. The number of aromatic hydroxyl groups is 1. The molecule has 1 fully saturated rings. The fraction of sp³-hybridized carbons (Fsp3) is 0.522. The van der Waals surface area contributed by atoms with Crippen LogP contribution in [0.1, 0.15) is 74.9 Å². The maximum atomic E-state index is 12.3. The molecule has 5 heteroatoms. The summed E-state index contributed by atoms with van der Waals surface area (Å²) >= 11 is 6.03. The third-order valence-electron chi connectivity index (χ3n) is 5.52. The number of hydrogen-bond acceptors (Lipinski definition) is 4. The number of hydrogen-bond donors (Lipinski definition) is 1. The molecule has 154 valence electrons. The van der Waals surface area contributed by atoms with Crippen LogP contribution in [-0.2, 0) is 11.2 Å². The van der Waals surface area contributed by atoms with E-state index in [2.05, 4.69) is 26.8 Å². The average molecular weight is 406 g/mol. The van der Waals surface area contributed by atoms with Gasteiger partial charge >= 0.3 is 0 Å². The van der Waals surface area contributed by atoms with Gasteiger partial charge in [-0.25, -0.2) is 0 Å². The SMILES string of the molecule is C/C(=C\Cc1c([O-])c(Cl)c(C)c(C=O)c1O)CC/C=C(\C)CC[C@@H]1OC1(C)C. The van der Waals surface area contributed by atoms with Gasteiger partial charge in [-0.1, -0.05) is 40.6 Å². The Morgan fingerprint density at radius 1 is 1.25 bits per heavy atom. The lowest BCUT2D eigenvalue weighted by Crippen LogP contribution is -2.03. The molecular weight excluding hydrogens is 376 g/mol. The number of carbonyl (C=O) groups is 1. The van der Waals surface area contributed by atoms with Gasteiger partial charge in [-0.3, -0.25) is 4.79 Å². The van der Waals surface area contributed by atoms with Crippen LogP contribution in [0.5, 0.6) is 11.5 Å². The van der Waals surface area contributed by atoms with Crippen LogP contribution >= 0.6 is 11.6 Å². The molecule has 4 nitrogen and oxygen atoms in total. The topological polar surface area (TPSA) is 72.9 Å². The second-order valence-corrected chi connectivity index (χ2v) is 8.60. The molecule has 0 spiro atoms. The number of phenols is 1. The van der Waals surface area contributed by atoms with Crippen molar-refractivity contribution in [2.24, 2.45) is 0 Å². The van der Waals surface area contributed by atoms with Gasteiger partial charge in [0.05, 0.1) is 17.3 Å². The molecule has 1 saturated heterocycles. The summed E-state index contributed by atoms with van der Waals surface area (Å²) in [6, 6.07) is 0. The number of halogens is 1. The summed E-state index contributed by atoms with van der Waals surface area (Å²) < 4.78 is 5.61. The first-order valence-corrected chi connectivity index (χ1v) is 10.1. The van der Waals surface area contributed by atoms with Crippen LogP contribution in [0.2, 0.25) is 5.02 Å². The number of ether oxygens (including phenoxy) is 1. The van der Waals surface area contributed by atoms with Crippen LogP contribution < -0.4 is 5.11 Å². The van der Waals surface area contributed by atoms with Crippen LogP contribution in [0.4, 0.5) is 0 Å². The highest BCUT2D eigenvalue weighted by Gasteiger charge is 2.46. The molecular formula is C23H30ClO4-. The maximum Gasteiger partial charge on any atom is 0.154 e. The highest BCUT2D eigenvalue weighted by atomic mass is 35.5. The van der Waals surface area contributed by atoms with Gasteiger partial charge in [0.15, 0.2) is 6.29 Å². The normalized spacial score (nSPS) is 19.0. The molecule has 1 aromatic rings. The second-order valence-electron chi connectivity index (χ2n) is 8.22. The number of aldehydes is 1. The van der Waals surface area contributed by atoms with Crippen molar-refractivity contribution in [2.75, 3.05) is 0 Å². The molecule has 0 aromatic heterocycles. The van der Waals surface area contributed by atoms with Crippen molar-refractivity contribution < 1.29 is 19.7 Å². The summed E-state index contributed by atoms with van der Waals surface area (Å²) in [5.41, 5.74) is 3.12. The van der Waals surface area contributed by atoms with Gasteiger partial charge in [-0.15, -0.1) is 0 Å². The fourth-order valence-corrected chi connectivity index (χ4v) is 3.54. The zero-order valence-corrected chi connectivity index (χ0v) is 18.2. The van der Waals surface area contributed by atoms with E-state index in [-0.39, 0.29) is 33.9 Å². The minimum Gasteiger partial charge on any atom is -0.871 e. The number of allylic oxidation sites excluding steroid dienone is 4. The summed E-state index contributed by atoms with van der Waals surface area (Å²) in [7, 11) is 0. The Balaban J connectivity index is 1.91. The molecule has 0 radical (unpaired) electrons. The van der Waals surface area contributed by atoms with Crippen LogP contribution in [0.3, 0.4) is 0 Å². The van der Waals surface area contributed by atoms with Gasteiger partial charge in [0.2, 0.25) is 0 Å². The summed E-state index contributed by atoms with van der Waals surface area (Å²) in [5, 5.41) is 22.6. The molecule has 28 heavy (non-hydrogen) atoms. The average Bonchev–Trinajstić information content (AvgIpc) is 3.25. The lowest BCUT2D eigenvalue weighted by molar-refractivity contribution is -0.269. The van der Waals surface area contributed by atoms with Gasteiger partial charge in [-0.2, -0.15) is 0 Å². The summed E-state index contributed by atoms with van der Waals surface area (Å²) in [4.78, 5) is 11.2. The first-order chi connectivity index (χ1) is 13.1. The number of rotatable bonds is 9. The molecule has 2 rings (SSSR count). The van der Waals surface area contributed by atoms with Crippen molar-refractivity contribution in [3.63, 3.8) is 0 Å². The second kappa shape index (κ2) is 9.15. The zero-order chi connectivity index (χ0) is 21.1. The quantitative estimate of drug-likeness (QED) is 0.338. The Kier molecular flexibility index (Phi) is 7.35. The predicted octanol–water partition coefficient (Wildman–Crippen LogP) is 5.41. The monoisotopic (exact) mass is 405 g/mol. The van der Waals surface area contributed by atoms with Crippen LogP contribution in [0.15, 0.2) is 23.3 Å². The molecule has 1 aliphatic rings. The predicted molar refractivity (Wildman–Crippen MR) is 111 cm³/mol. The van der Waals surface area contributed by atoms with Gasteiger partial charge < -0.3 is 14.9 Å². The van der Waals surface area contributed by atoms with Crippen molar-refractivity contribution in [3.05, 3.63) is 45.0 Å². The smallest absolute Gasteiger partial charge is 0.154 e. The van der Waals surface area contributed by atoms with Crippen molar-refractivity contribution in [1.29, 1.82) is 0 Å². The van der Waals surface area contributed by atoms with E-state index in [1.807, 2.05) is 13.0 Å². The summed E-state index contributed by atoms with van der Waals surface area (Å²) in [6.07, 6.45) is 9.24. The van der Waals surface area contributed by atoms with Crippen LogP contribution in [0.25, 0.3) is 0 Å². The van der Waals surface area contributed by atoms with Gasteiger partial charge in [-0.05, 0) is 77.8 Å². The van der Waals surface area contributed by atoms with Crippen LogP contribution in [-0.4, -0.2) is 23.1 Å². The van der Waals surface area contributed by atoms with Gasteiger partial charge in [0.1, 0.15) is 5.75 Å². The Morgan fingerprint density at radius 2 is 1.86 bits per heavy atom. The third-order valence-corrected chi connectivity index (χ3v) is 5.97. The third kappa shape index (κ3) is 5.39. The van der Waals surface area contributed by atoms with E-state index in [4.69, 9.17) is 16.3 Å². The number of benzene rings is 1. The number of phenolic OH excluding ortho intramolecular Hbond substituents is 1. The highest BCUT2D eigenvalue weighted by molar-refractivity contribution is 6.33. The molecule has 0 amide bonds. The molecule has 0 aliphatic carbocycles. The Bertz CT molecular complexity index is 806. The van der Waals surface area contributed by atoms with Crippen molar-refractivity contribution in [2.45, 2.75) is 78.4 Å². The summed E-state index contributed by atoms with van der Waals surface area (Å²) in [6.45, 7) is 9.95. The fourth-order valence-electron chi connectivity index (χ4n) is 3.33. The van der Waals surface area contributed by atoms with E-state index in [9.17, 15) is 15.0 Å². The molecule has 0 bridgehead atoms. The van der Waals surface area contributed by atoms with E-state index < -0.39 is 5.75 Å². The zero-order valence-electron chi connectivity index (χ0n) is 17.4. The van der Waals surface area contributed by atoms with Crippen molar-refractivity contribution in [1.82, 2.24) is 0 Å².